The molecule has 0 radical (unpaired) electrons. The van der Waals surface area contributed by atoms with Gasteiger partial charge >= 0.3 is 0 Å². The first-order valence-electron chi connectivity index (χ1n) is 8.00. The lowest BCUT2D eigenvalue weighted by molar-refractivity contribution is -0.890. The van der Waals surface area contributed by atoms with E-state index in [9.17, 15) is 0 Å². The minimum atomic E-state index is 0. The number of quaternary nitrogens is 1. The van der Waals surface area contributed by atoms with Crippen molar-refractivity contribution in [2.75, 3.05) is 27.2 Å². The maximum atomic E-state index is 2.38. The van der Waals surface area contributed by atoms with Gasteiger partial charge in [0.15, 0.2) is 0 Å². The van der Waals surface area contributed by atoms with Gasteiger partial charge in [-0.15, -0.1) is 0 Å². The molecule has 0 saturated heterocycles. The topological polar surface area (TPSA) is 0 Å². The highest BCUT2D eigenvalue weighted by atomic mass is 79.9. The molecular weight excluding hydrogens is 310 g/mol. The van der Waals surface area contributed by atoms with E-state index in [2.05, 4.69) is 51.4 Å². The maximum absolute atomic E-state index is 2.38. The molecule has 0 amide bonds. The quantitative estimate of drug-likeness (QED) is 0.448. The van der Waals surface area contributed by atoms with E-state index < -0.39 is 0 Å². The summed E-state index contributed by atoms with van der Waals surface area (Å²) >= 11 is 0. The molecule has 0 saturated carbocycles. The highest BCUT2D eigenvalue weighted by Gasteiger charge is 2.13. The predicted octanol–water partition coefficient (Wildman–Crippen LogP) is 1.67. The van der Waals surface area contributed by atoms with E-state index in [0.29, 0.717) is 0 Å². The van der Waals surface area contributed by atoms with Crippen LogP contribution in [0, 0.1) is 0 Å². The van der Waals surface area contributed by atoms with Crippen LogP contribution in [0.4, 0.5) is 0 Å². The van der Waals surface area contributed by atoms with Gasteiger partial charge in [-0.1, -0.05) is 50.1 Å². The van der Waals surface area contributed by atoms with Gasteiger partial charge < -0.3 is 21.5 Å². The van der Waals surface area contributed by atoms with Crippen molar-refractivity contribution in [3.8, 4) is 0 Å². The molecule has 0 aliphatic carbocycles. The summed E-state index contributed by atoms with van der Waals surface area (Å²) in [6.45, 7) is 4.94. The average Bonchev–Trinajstić information content (AvgIpc) is 2.41. The summed E-state index contributed by atoms with van der Waals surface area (Å²) in [6.07, 6.45) is 9.42. The number of hydrogen-bond donors (Lipinski definition) is 0. The number of halogens is 1. The smallest absolute Gasteiger partial charge is 0.0782 e. The monoisotopic (exact) mass is 341 g/mol. The van der Waals surface area contributed by atoms with Crippen molar-refractivity contribution in [3.63, 3.8) is 0 Å². The van der Waals surface area contributed by atoms with Crippen LogP contribution < -0.4 is 17.0 Å². The molecule has 0 bridgehead atoms. The molecule has 20 heavy (non-hydrogen) atoms. The molecule has 0 unspecified atom stereocenters. The van der Waals surface area contributed by atoms with Crippen LogP contribution in [0.1, 0.15) is 51.0 Å². The zero-order chi connectivity index (χ0) is 14.0. The maximum Gasteiger partial charge on any atom is 0.0782 e. The first-order valence-corrected chi connectivity index (χ1v) is 8.00. The number of nitrogens with zero attached hydrogens (tertiary/aromatic N) is 1. The third-order valence-electron chi connectivity index (χ3n) is 3.94. The normalized spacial score (nSPS) is 11.2. The summed E-state index contributed by atoms with van der Waals surface area (Å²) in [5.74, 6) is 0. The second kappa shape index (κ2) is 11.3. The molecular formula is C18H32BrN. The Balaban J connectivity index is 0.00000361. The van der Waals surface area contributed by atoms with Crippen molar-refractivity contribution < 1.29 is 21.5 Å². The number of aryl methyl sites for hydroxylation is 1. The lowest BCUT2D eigenvalue weighted by atomic mass is 10.1. The lowest BCUT2D eigenvalue weighted by Crippen LogP contribution is -3.00. The van der Waals surface area contributed by atoms with Gasteiger partial charge in [-0.25, -0.2) is 0 Å². The molecule has 0 aliphatic heterocycles. The van der Waals surface area contributed by atoms with Crippen molar-refractivity contribution in [3.05, 3.63) is 35.9 Å². The predicted molar refractivity (Wildman–Crippen MR) is 85.4 cm³/mol. The van der Waals surface area contributed by atoms with Crippen LogP contribution in [0.5, 0.6) is 0 Å². The van der Waals surface area contributed by atoms with E-state index in [4.69, 9.17) is 0 Å². The Morgan fingerprint density at radius 3 is 2.00 bits per heavy atom. The fourth-order valence-electron chi connectivity index (χ4n) is 2.59. The number of hydrogen-bond acceptors (Lipinski definition) is 0. The molecule has 0 spiro atoms. The Kier molecular flexibility index (Phi) is 11.1. The first kappa shape index (κ1) is 19.7. The van der Waals surface area contributed by atoms with Crippen LogP contribution in [-0.2, 0) is 6.42 Å². The van der Waals surface area contributed by atoms with Crippen molar-refractivity contribution in [1.29, 1.82) is 0 Å². The molecule has 1 aromatic carbocycles. The summed E-state index contributed by atoms with van der Waals surface area (Å²) in [5, 5.41) is 0. The lowest BCUT2D eigenvalue weighted by Gasteiger charge is -2.30. The van der Waals surface area contributed by atoms with E-state index >= 15 is 0 Å². The molecule has 1 nitrogen and oxygen atoms in total. The SMILES string of the molecule is CCCCCC[N+](C)(C)CCCCc1ccccc1.[Br-]. The van der Waals surface area contributed by atoms with Crippen LogP contribution >= 0.6 is 0 Å². The summed E-state index contributed by atoms with van der Waals surface area (Å²) in [7, 11) is 4.77. The fraction of sp³-hybridized carbons (Fsp3) is 0.667. The summed E-state index contributed by atoms with van der Waals surface area (Å²) in [5.41, 5.74) is 1.48. The molecule has 0 N–H and O–H groups in total. The Labute approximate surface area is 136 Å². The average molecular weight is 342 g/mol. The second-order valence-electron chi connectivity index (χ2n) is 6.39. The second-order valence-corrected chi connectivity index (χ2v) is 6.39. The zero-order valence-corrected chi connectivity index (χ0v) is 15.2. The molecule has 0 heterocycles. The molecule has 0 atom stereocenters. The van der Waals surface area contributed by atoms with Crippen molar-refractivity contribution in [2.24, 2.45) is 0 Å². The number of benzene rings is 1. The van der Waals surface area contributed by atoms with Gasteiger partial charge in [-0.05, 0) is 37.7 Å². The molecule has 1 aromatic rings. The highest BCUT2D eigenvalue weighted by molar-refractivity contribution is 5.14. The van der Waals surface area contributed by atoms with Crippen LogP contribution in [0.2, 0.25) is 0 Å². The highest BCUT2D eigenvalue weighted by Crippen LogP contribution is 2.09. The van der Waals surface area contributed by atoms with E-state index in [-0.39, 0.29) is 17.0 Å². The van der Waals surface area contributed by atoms with Crippen LogP contribution in [0.25, 0.3) is 0 Å². The minimum absolute atomic E-state index is 0. The fourth-order valence-corrected chi connectivity index (χ4v) is 2.59. The minimum Gasteiger partial charge on any atom is -1.00 e. The van der Waals surface area contributed by atoms with Crippen molar-refractivity contribution in [2.45, 2.75) is 51.9 Å². The molecule has 0 aromatic heterocycles. The number of unbranched alkanes of at least 4 members (excludes halogenated alkanes) is 4. The van der Waals surface area contributed by atoms with Gasteiger partial charge in [0.05, 0.1) is 27.2 Å². The number of rotatable bonds is 10. The van der Waals surface area contributed by atoms with Gasteiger partial charge in [0.25, 0.3) is 0 Å². The van der Waals surface area contributed by atoms with Gasteiger partial charge in [-0.2, -0.15) is 0 Å². The Morgan fingerprint density at radius 1 is 0.800 bits per heavy atom. The Morgan fingerprint density at radius 2 is 1.40 bits per heavy atom. The Bertz CT molecular complexity index is 321. The van der Waals surface area contributed by atoms with Gasteiger partial charge in [0.2, 0.25) is 0 Å². The molecule has 2 heteroatoms. The Hall–Kier alpha value is -0.340. The zero-order valence-electron chi connectivity index (χ0n) is 13.6. The van der Waals surface area contributed by atoms with Crippen LogP contribution in [0.15, 0.2) is 30.3 Å². The van der Waals surface area contributed by atoms with Gasteiger partial charge in [0.1, 0.15) is 0 Å². The third kappa shape index (κ3) is 9.55. The molecule has 116 valence electrons. The van der Waals surface area contributed by atoms with E-state index in [1.54, 1.807) is 0 Å². The third-order valence-corrected chi connectivity index (χ3v) is 3.94. The van der Waals surface area contributed by atoms with E-state index in [1.807, 2.05) is 0 Å². The van der Waals surface area contributed by atoms with E-state index in [0.717, 1.165) is 0 Å². The summed E-state index contributed by atoms with van der Waals surface area (Å²) < 4.78 is 1.19. The molecule has 1 rings (SSSR count). The standard InChI is InChI=1S/C18H32N.BrH/c1-4-5-6-11-16-19(2,3)17-12-10-15-18-13-8-7-9-14-18;/h7-9,13-14H,4-6,10-12,15-17H2,1-3H3;1H/q+1;/p-1. The summed E-state index contributed by atoms with van der Waals surface area (Å²) in [6, 6.07) is 10.9. The van der Waals surface area contributed by atoms with E-state index in [1.165, 1.54) is 68.1 Å². The molecule has 0 fully saturated rings. The molecule has 0 aliphatic rings. The van der Waals surface area contributed by atoms with Crippen molar-refractivity contribution in [1.82, 2.24) is 0 Å². The summed E-state index contributed by atoms with van der Waals surface area (Å²) in [4.78, 5) is 0. The van der Waals surface area contributed by atoms with Crippen molar-refractivity contribution >= 4 is 0 Å². The first-order chi connectivity index (χ1) is 9.14. The van der Waals surface area contributed by atoms with Gasteiger partial charge in [0, 0.05) is 0 Å². The van der Waals surface area contributed by atoms with Crippen LogP contribution in [0.3, 0.4) is 0 Å². The largest absolute Gasteiger partial charge is 1.00 e. The van der Waals surface area contributed by atoms with Gasteiger partial charge in [-0.3, -0.25) is 0 Å². The van der Waals surface area contributed by atoms with Crippen LogP contribution in [-0.4, -0.2) is 31.7 Å².